The highest BCUT2D eigenvalue weighted by molar-refractivity contribution is 14.0. The SMILES string of the molecule is CCNC(=NCc1c(CC)noc1CC)NCCN(CC)C(=O)OC(C)(C)C.I. The molecule has 29 heavy (non-hydrogen) atoms. The number of nitrogens with one attached hydrogen (secondary N) is 2. The summed E-state index contributed by atoms with van der Waals surface area (Å²) in [4.78, 5) is 18.6. The van der Waals surface area contributed by atoms with Gasteiger partial charge < -0.3 is 24.8 Å². The molecule has 1 rings (SSSR count). The summed E-state index contributed by atoms with van der Waals surface area (Å²) >= 11 is 0. The lowest BCUT2D eigenvalue weighted by Crippen LogP contribution is -2.44. The number of aromatic nitrogens is 1. The van der Waals surface area contributed by atoms with Gasteiger partial charge in [-0.25, -0.2) is 9.79 Å². The Balaban J connectivity index is 0.00000784. The van der Waals surface area contributed by atoms with Gasteiger partial charge in [0.1, 0.15) is 11.4 Å². The molecule has 0 aliphatic rings. The predicted octanol–water partition coefficient (Wildman–Crippen LogP) is 3.73. The normalized spacial score (nSPS) is 11.6. The summed E-state index contributed by atoms with van der Waals surface area (Å²) in [6.45, 7) is 16.6. The predicted molar refractivity (Wildman–Crippen MR) is 127 cm³/mol. The van der Waals surface area contributed by atoms with Gasteiger partial charge in [-0.3, -0.25) is 0 Å². The Morgan fingerprint density at radius 1 is 1.17 bits per heavy atom. The Bertz CT molecular complexity index is 619. The van der Waals surface area contributed by atoms with Crippen molar-refractivity contribution in [3.05, 3.63) is 17.0 Å². The molecule has 1 heterocycles. The van der Waals surface area contributed by atoms with Crippen LogP contribution in [0.5, 0.6) is 0 Å². The van der Waals surface area contributed by atoms with Crippen molar-refractivity contribution in [2.45, 2.75) is 73.5 Å². The van der Waals surface area contributed by atoms with Gasteiger partial charge in [0.05, 0.1) is 12.2 Å². The molecule has 0 saturated carbocycles. The number of rotatable bonds is 9. The van der Waals surface area contributed by atoms with E-state index >= 15 is 0 Å². The molecule has 168 valence electrons. The molecular weight excluding hydrogens is 485 g/mol. The highest BCUT2D eigenvalue weighted by Gasteiger charge is 2.20. The lowest BCUT2D eigenvalue weighted by atomic mass is 10.1. The molecule has 0 radical (unpaired) electrons. The number of carbonyl (C=O) groups excluding carboxylic acids is 1. The molecule has 0 unspecified atom stereocenters. The van der Waals surface area contributed by atoms with E-state index in [2.05, 4.69) is 27.7 Å². The Hall–Kier alpha value is -1.52. The quantitative estimate of drug-likeness (QED) is 0.291. The van der Waals surface area contributed by atoms with Crippen LogP contribution in [0.25, 0.3) is 0 Å². The van der Waals surface area contributed by atoms with Gasteiger partial charge in [0.25, 0.3) is 0 Å². The Kier molecular flexibility index (Phi) is 12.9. The molecule has 8 nitrogen and oxygen atoms in total. The molecule has 0 spiro atoms. The second-order valence-electron chi connectivity index (χ2n) is 7.42. The van der Waals surface area contributed by atoms with Gasteiger partial charge in [0.2, 0.25) is 0 Å². The summed E-state index contributed by atoms with van der Waals surface area (Å²) in [5.74, 6) is 1.59. The first kappa shape index (κ1) is 27.5. The molecule has 1 amide bonds. The van der Waals surface area contributed by atoms with Crippen molar-refractivity contribution in [2.24, 2.45) is 4.99 Å². The molecule has 1 aromatic rings. The van der Waals surface area contributed by atoms with Crippen LogP contribution in [0.15, 0.2) is 9.52 Å². The van der Waals surface area contributed by atoms with Crippen LogP contribution in [0.4, 0.5) is 4.79 Å². The zero-order valence-corrected chi connectivity index (χ0v) is 21.3. The minimum absolute atomic E-state index is 0. The Labute approximate surface area is 192 Å². The van der Waals surface area contributed by atoms with E-state index in [-0.39, 0.29) is 30.1 Å². The summed E-state index contributed by atoms with van der Waals surface area (Å²) in [6.07, 6.45) is 1.31. The van der Waals surface area contributed by atoms with E-state index in [0.717, 1.165) is 36.4 Å². The maximum absolute atomic E-state index is 12.2. The number of likely N-dealkylation sites (N-methyl/N-ethyl adjacent to an activating group) is 1. The number of halogens is 1. The number of hydrogen-bond donors (Lipinski definition) is 2. The van der Waals surface area contributed by atoms with E-state index in [9.17, 15) is 4.79 Å². The first-order chi connectivity index (χ1) is 13.3. The summed E-state index contributed by atoms with van der Waals surface area (Å²) in [5.41, 5.74) is 1.52. The minimum atomic E-state index is -0.499. The molecule has 0 atom stereocenters. The molecule has 0 saturated heterocycles. The van der Waals surface area contributed by atoms with Crippen LogP contribution in [0.1, 0.15) is 65.5 Å². The highest BCUT2D eigenvalue weighted by atomic mass is 127. The summed E-state index contributed by atoms with van der Waals surface area (Å²) in [6, 6.07) is 0. The van der Waals surface area contributed by atoms with Gasteiger partial charge in [0, 0.05) is 38.2 Å². The second-order valence-corrected chi connectivity index (χ2v) is 7.42. The number of aliphatic imine (C=N–C) groups is 1. The van der Waals surface area contributed by atoms with Crippen LogP contribution in [-0.2, 0) is 24.1 Å². The number of aryl methyl sites for hydroxylation is 2. The molecule has 1 aromatic heterocycles. The largest absolute Gasteiger partial charge is 0.444 e. The van der Waals surface area contributed by atoms with Crippen LogP contribution < -0.4 is 10.6 Å². The molecule has 0 aliphatic carbocycles. The standard InChI is InChI=1S/C20H37N5O3.HI/c1-8-16-15(17(9-2)28-24-16)14-23-18(21-10-3)22-12-13-25(11-4)19(26)27-20(5,6)7;/h8-14H2,1-7H3,(H2,21,22,23);1H. The number of nitrogens with zero attached hydrogens (tertiary/aromatic N) is 3. The second kappa shape index (κ2) is 13.7. The number of amides is 1. The molecule has 2 N–H and O–H groups in total. The van der Waals surface area contributed by atoms with Crippen LogP contribution in [0.2, 0.25) is 0 Å². The number of guanidine groups is 1. The number of hydrogen-bond acceptors (Lipinski definition) is 5. The lowest BCUT2D eigenvalue weighted by molar-refractivity contribution is 0.0264. The van der Waals surface area contributed by atoms with E-state index < -0.39 is 5.60 Å². The van der Waals surface area contributed by atoms with Crippen molar-refractivity contribution in [1.82, 2.24) is 20.7 Å². The fraction of sp³-hybridized carbons (Fsp3) is 0.750. The van der Waals surface area contributed by atoms with Crippen LogP contribution in [-0.4, -0.2) is 53.9 Å². The monoisotopic (exact) mass is 523 g/mol. The number of carbonyl (C=O) groups is 1. The third-order valence-corrected chi connectivity index (χ3v) is 4.05. The molecule has 0 aromatic carbocycles. The molecule has 0 fully saturated rings. The molecule has 0 bridgehead atoms. The van der Waals surface area contributed by atoms with Gasteiger partial charge in [-0.1, -0.05) is 19.0 Å². The topological polar surface area (TPSA) is 92.0 Å². The minimum Gasteiger partial charge on any atom is -0.444 e. The van der Waals surface area contributed by atoms with Crippen molar-refractivity contribution < 1.29 is 14.1 Å². The van der Waals surface area contributed by atoms with Crippen LogP contribution >= 0.6 is 24.0 Å². The van der Waals surface area contributed by atoms with Gasteiger partial charge in [0.15, 0.2) is 5.96 Å². The van der Waals surface area contributed by atoms with Gasteiger partial charge in [-0.2, -0.15) is 0 Å². The zero-order valence-electron chi connectivity index (χ0n) is 18.9. The van der Waals surface area contributed by atoms with E-state index in [4.69, 9.17) is 9.26 Å². The Morgan fingerprint density at radius 3 is 2.38 bits per heavy atom. The smallest absolute Gasteiger partial charge is 0.410 e. The van der Waals surface area contributed by atoms with Crippen molar-refractivity contribution in [3.63, 3.8) is 0 Å². The van der Waals surface area contributed by atoms with Gasteiger partial charge in [-0.15, -0.1) is 24.0 Å². The zero-order chi connectivity index (χ0) is 21.2. The first-order valence-corrected chi connectivity index (χ1v) is 10.2. The van der Waals surface area contributed by atoms with E-state index in [1.165, 1.54) is 0 Å². The lowest BCUT2D eigenvalue weighted by Gasteiger charge is -2.26. The van der Waals surface area contributed by atoms with Gasteiger partial charge in [-0.05, 0) is 41.0 Å². The molecule has 0 aliphatic heterocycles. The van der Waals surface area contributed by atoms with E-state index in [0.29, 0.717) is 32.1 Å². The Morgan fingerprint density at radius 2 is 1.86 bits per heavy atom. The molecule has 9 heteroatoms. The first-order valence-electron chi connectivity index (χ1n) is 10.2. The third-order valence-electron chi connectivity index (χ3n) is 4.05. The maximum atomic E-state index is 12.2. The van der Waals surface area contributed by atoms with E-state index in [1.807, 2.05) is 41.5 Å². The van der Waals surface area contributed by atoms with Crippen molar-refractivity contribution in [3.8, 4) is 0 Å². The van der Waals surface area contributed by atoms with Crippen molar-refractivity contribution in [1.29, 1.82) is 0 Å². The maximum Gasteiger partial charge on any atom is 0.410 e. The summed E-state index contributed by atoms with van der Waals surface area (Å²) < 4.78 is 10.8. The van der Waals surface area contributed by atoms with Crippen LogP contribution in [0, 0.1) is 0 Å². The summed E-state index contributed by atoms with van der Waals surface area (Å²) in [5, 5.41) is 10.6. The van der Waals surface area contributed by atoms with E-state index in [1.54, 1.807) is 4.90 Å². The van der Waals surface area contributed by atoms with Crippen molar-refractivity contribution in [2.75, 3.05) is 26.2 Å². The van der Waals surface area contributed by atoms with Crippen LogP contribution in [0.3, 0.4) is 0 Å². The third kappa shape index (κ3) is 9.68. The van der Waals surface area contributed by atoms with Gasteiger partial charge >= 0.3 is 6.09 Å². The fourth-order valence-electron chi connectivity index (χ4n) is 2.63. The van der Waals surface area contributed by atoms with Crippen molar-refractivity contribution >= 4 is 36.0 Å². The molecular formula is C20H38IN5O3. The summed E-state index contributed by atoms with van der Waals surface area (Å²) in [7, 11) is 0. The average Bonchev–Trinajstić information content (AvgIpc) is 3.03. The number of ether oxygens (including phenoxy) is 1. The highest BCUT2D eigenvalue weighted by Crippen LogP contribution is 2.16. The average molecular weight is 523 g/mol. The fourth-order valence-corrected chi connectivity index (χ4v) is 2.63.